The second-order valence-electron chi connectivity index (χ2n) is 4.80. The third kappa shape index (κ3) is 4.25. The minimum Gasteiger partial charge on any atom is -0.374 e. The highest BCUT2D eigenvalue weighted by Crippen LogP contribution is 2.29. The van der Waals surface area contributed by atoms with Crippen LogP contribution in [0.5, 0.6) is 0 Å². The number of para-hydroxylation sites is 1. The van der Waals surface area contributed by atoms with Crippen molar-refractivity contribution in [3.05, 3.63) is 60.2 Å². The monoisotopic (exact) mass is 308 g/mol. The van der Waals surface area contributed by atoms with Crippen LogP contribution >= 0.6 is 0 Å². The number of hydrogen-bond acceptors (Lipinski definition) is 2. The second-order valence-corrected chi connectivity index (χ2v) is 4.80. The van der Waals surface area contributed by atoms with E-state index in [9.17, 15) is 18.0 Å². The molecule has 1 amide bonds. The quantitative estimate of drug-likeness (QED) is 0.891. The normalized spacial score (nSPS) is 12.5. The Morgan fingerprint density at radius 2 is 1.55 bits per heavy atom. The molecule has 0 aliphatic rings. The van der Waals surface area contributed by atoms with Crippen LogP contribution in [0.15, 0.2) is 54.6 Å². The molecule has 0 aliphatic heterocycles. The molecule has 6 heteroatoms. The van der Waals surface area contributed by atoms with E-state index in [0.29, 0.717) is 5.69 Å². The summed E-state index contributed by atoms with van der Waals surface area (Å²) in [5.74, 6) is -0.330. The molecule has 116 valence electrons. The smallest absolute Gasteiger partial charge is 0.374 e. The summed E-state index contributed by atoms with van der Waals surface area (Å²) in [7, 11) is 0. The fraction of sp³-hybridized carbons (Fsp3) is 0.188. The van der Waals surface area contributed by atoms with E-state index in [1.807, 2.05) is 30.3 Å². The Hall–Kier alpha value is -2.50. The van der Waals surface area contributed by atoms with Gasteiger partial charge in [-0.3, -0.25) is 4.79 Å². The van der Waals surface area contributed by atoms with Gasteiger partial charge in [0, 0.05) is 11.4 Å². The summed E-state index contributed by atoms with van der Waals surface area (Å²) in [5.41, 5.74) is 0.359. The zero-order valence-corrected chi connectivity index (χ0v) is 11.8. The fourth-order valence-electron chi connectivity index (χ4n) is 1.84. The molecule has 0 unspecified atom stereocenters. The number of amides is 1. The van der Waals surface area contributed by atoms with Gasteiger partial charge in [0.15, 0.2) is 0 Å². The van der Waals surface area contributed by atoms with Gasteiger partial charge in [-0.05, 0) is 43.3 Å². The SMILES string of the molecule is C[C@@H](Nc1ccccc1)C(=O)Nc1ccc(C(F)(F)F)cc1. The predicted molar refractivity (Wildman–Crippen MR) is 79.6 cm³/mol. The van der Waals surface area contributed by atoms with Crippen LogP contribution in [-0.2, 0) is 11.0 Å². The van der Waals surface area contributed by atoms with Crippen molar-refractivity contribution in [1.29, 1.82) is 0 Å². The zero-order valence-electron chi connectivity index (χ0n) is 11.8. The molecule has 0 spiro atoms. The van der Waals surface area contributed by atoms with E-state index >= 15 is 0 Å². The van der Waals surface area contributed by atoms with E-state index < -0.39 is 17.8 Å². The van der Waals surface area contributed by atoms with Crippen LogP contribution < -0.4 is 10.6 Å². The van der Waals surface area contributed by atoms with Gasteiger partial charge in [0.25, 0.3) is 0 Å². The summed E-state index contributed by atoms with van der Waals surface area (Å²) >= 11 is 0. The van der Waals surface area contributed by atoms with Crippen LogP contribution in [0.4, 0.5) is 24.5 Å². The molecule has 2 aromatic carbocycles. The average molecular weight is 308 g/mol. The number of carbonyl (C=O) groups is 1. The molecule has 2 aromatic rings. The number of hydrogen-bond donors (Lipinski definition) is 2. The molecule has 3 nitrogen and oxygen atoms in total. The number of carbonyl (C=O) groups excluding carboxylic acids is 1. The summed E-state index contributed by atoms with van der Waals surface area (Å²) in [6.07, 6.45) is -4.38. The molecule has 0 radical (unpaired) electrons. The number of alkyl halides is 3. The highest BCUT2D eigenvalue weighted by atomic mass is 19.4. The van der Waals surface area contributed by atoms with Gasteiger partial charge in [0.1, 0.15) is 6.04 Å². The van der Waals surface area contributed by atoms with Crippen LogP contribution in [0.2, 0.25) is 0 Å². The first kappa shape index (κ1) is 15.9. The Morgan fingerprint density at radius 1 is 0.955 bits per heavy atom. The summed E-state index contributed by atoms with van der Waals surface area (Å²) in [6, 6.07) is 13.0. The van der Waals surface area contributed by atoms with E-state index in [0.717, 1.165) is 17.8 Å². The molecular weight excluding hydrogens is 293 g/mol. The maximum absolute atomic E-state index is 12.5. The number of nitrogens with one attached hydrogen (secondary N) is 2. The van der Waals surface area contributed by atoms with Crippen LogP contribution in [0.1, 0.15) is 12.5 Å². The van der Waals surface area contributed by atoms with Crippen molar-refractivity contribution in [1.82, 2.24) is 0 Å². The van der Waals surface area contributed by atoms with Gasteiger partial charge in [-0.25, -0.2) is 0 Å². The van der Waals surface area contributed by atoms with Crippen molar-refractivity contribution in [3.63, 3.8) is 0 Å². The summed E-state index contributed by atoms with van der Waals surface area (Å²) < 4.78 is 37.4. The van der Waals surface area contributed by atoms with Crippen molar-refractivity contribution in [2.75, 3.05) is 10.6 Å². The Kier molecular flexibility index (Phi) is 4.70. The minimum atomic E-state index is -4.38. The maximum atomic E-state index is 12.5. The lowest BCUT2D eigenvalue weighted by atomic mass is 10.2. The Morgan fingerprint density at radius 3 is 2.09 bits per heavy atom. The molecule has 2 rings (SSSR count). The molecule has 0 saturated heterocycles. The fourth-order valence-corrected chi connectivity index (χ4v) is 1.84. The van der Waals surface area contributed by atoms with Gasteiger partial charge >= 0.3 is 6.18 Å². The van der Waals surface area contributed by atoms with Gasteiger partial charge in [0.2, 0.25) is 5.91 Å². The molecular formula is C16H15F3N2O. The second kappa shape index (κ2) is 6.51. The van der Waals surface area contributed by atoms with Gasteiger partial charge in [-0.1, -0.05) is 18.2 Å². The van der Waals surface area contributed by atoms with E-state index in [1.165, 1.54) is 12.1 Å². The van der Waals surface area contributed by atoms with Gasteiger partial charge < -0.3 is 10.6 Å². The average Bonchev–Trinajstić information content (AvgIpc) is 2.48. The number of benzene rings is 2. The summed E-state index contributed by atoms with van der Waals surface area (Å²) in [6.45, 7) is 1.67. The lowest BCUT2D eigenvalue weighted by Crippen LogP contribution is -2.31. The lowest BCUT2D eigenvalue weighted by Gasteiger charge is -2.15. The highest BCUT2D eigenvalue weighted by Gasteiger charge is 2.30. The number of anilines is 2. The zero-order chi connectivity index (χ0) is 16.2. The van der Waals surface area contributed by atoms with E-state index in [-0.39, 0.29) is 5.91 Å². The summed E-state index contributed by atoms with van der Waals surface area (Å²) in [5, 5.41) is 5.58. The van der Waals surface area contributed by atoms with Gasteiger partial charge in [-0.15, -0.1) is 0 Å². The first-order valence-electron chi connectivity index (χ1n) is 6.66. The maximum Gasteiger partial charge on any atom is 0.416 e. The number of halogens is 3. The van der Waals surface area contributed by atoms with Crippen molar-refractivity contribution < 1.29 is 18.0 Å². The molecule has 0 heterocycles. The standard InChI is InChI=1S/C16H15F3N2O/c1-11(20-13-5-3-2-4-6-13)15(22)21-14-9-7-12(8-10-14)16(17,18)19/h2-11,20H,1H3,(H,21,22)/t11-/m1/s1. The van der Waals surface area contributed by atoms with Crippen molar-refractivity contribution in [2.24, 2.45) is 0 Å². The largest absolute Gasteiger partial charge is 0.416 e. The molecule has 0 saturated carbocycles. The molecule has 0 aromatic heterocycles. The molecule has 2 N–H and O–H groups in total. The third-order valence-electron chi connectivity index (χ3n) is 3.03. The highest BCUT2D eigenvalue weighted by molar-refractivity contribution is 5.96. The Labute approximate surface area is 126 Å². The Balaban J connectivity index is 1.96. The van der Waals surface area contributed by atoms with Gasteiger partial charge in [-0.2, -0.15) is 13.2 Å². The Bertz CT molecular complexity index is 624. The first-order chi connectivity index (χ1) is 10.4. The minimum absolute atomic E-state index is 0.319. The van der Waals surface area contributed by atoms with Crippen molar-refractivity contribution >= 4 is 17.3 Å². The van der Waals surface area contributed by atoms with E-state index in [4.69, 9.17) is 0 Å². The van der Waals surface area contributed by atoms with E-state index in [2.05, 4.69) is 10.6 Å². The van der Waals surface area contributed by atoms with E-state index in [1.54, 1.807) is 6.92 Å². The van der Waals surface area contributed by atoms with Crippen LogP contribution in [0.3, 0.4) is 0 Å². The third-order valence-corrected chi connectivity index (χ3v) is 3.03. The van der Waals surface area contributed by atoms with Crippen LogP contribution in [0.25, 0.3) is 0 Å². The number of rotatable bonds is 4. The lowest BCUT2D eigenvalue weighted by molar-refractivity contribution is -0.137. The van der Waals surface area contributed by atoms with Crippen molar-refractivity contribution in [2.45, 2.75) is 19.1 Å². The first-order valence-corrected chi connectivity index (χ1v) is 6.66. The van der Waals surface area contributed by atoms with Crippen molar-refractivity contribution in [3.8, 4) is 0 Å². The predicted octanol–water partition coefficient (Wildman–Crippen LogP) is 4.14. The van der Waals surface area contributed by atoms with Crippen LogP contribution in [0, 0.1) is 0 Å². The molecule has 1 atom stereocenters. The summed E-state index contributed by atoms with van der Waals surface area (Å²) in [4.78, 5) is 12.0. The topological polar surface area (TPSA) is 41.1 Å². The van der Waals surface area contributed by atoms with Gasteiger partial charge in [0.05, 0.1) is 5.56 Å². The molecule has 0 bridgehead atoms. The van der Waals surface area contributed by atoms with Crippen LogP contribution in [-0.4, -0.2) is 11.9 Å². The molecule has 0 aliphatic carbocycles. The molecule has 0 fully saturated rings. The molecule has 22 heavy (non-hydrogen) atoms.